The predicted molar refractivity (Wildman–Crippen MR) is 61.2 cm³/mol. The molecule has 0 amide bonds. The highest BCUT2D eigenvalue weighted by Crippen LogP contribution is 2.27. The van der Waals surface area contributed by atoms with Crippen molar-refractivity contribution in [2.24, 2.45) is 0 Å². The standard InChI is InChI=1S/C11H18ClN3/c12-8-4-5-10-9-15(14-13-10)11-6-2-1-3-7-11/h9,11H,1-8H2. The molecule has 2 rings (SSSR count). The average Bonchev–Trinajstić information content (AvgIpc) is 2.76. The topological polar surface area (TPSA) is 30.7 Å². The van der Waals surface area contributed by atoms with Crippen LogP contribution in [0, 0.1) is 0 Å². The van der Waals surface area contributed by atoms with E-state index >= 15 is 0 Å². The summed E-state index contributed by atoms with van der Waals surface area (Å²) in [4.78, 5) is 0. The molecule has 0 radical (unpaired) electrons. The van der Waals surface area contributed by atoms with E-state index < -0.39 is 0 Å². The molecule has 0 saturated heterocycles. The fourth-order valence-electron chi connectivity index (χ4n) is 2.20. The Balaban J connectivity index is 1.93. The first-order chi connectivity index (χ1) is 7.40. The van der Waals surface area contributed by atoms with Crippen LogP contribution in [0.1, 0.15) is 50.3 Å². The highest BCUT2D eigenvalue weighted by Gasteiger charge is 2.16. The van der Waals surface area contributed by atoms with Gasteiger partial charge in [0.15, 0.2) is 0 Å². The number of alkyl halides is 1. The van der Waals surface area contributed by atoms with E-state index in [-0.39, 0.29) is 0 Å². The number of aryl methyl sites for hydroxylation is 1. The predicted octanol–water partition coefficient (Wildman–Crippen LogP) is 2.95. The number of rotatable bonds is 4. The van der Waals surface area contributed by atoms with Gasteiger partial charge in [0.2, 0.25) is 0 Å². The normalized spacial score (nSPS) is 18.2. The fourth-order valence-corrected chi connectivity index (χ4v) is 2.33. The molecule has 0 atom stereocenters. The summed E-state index contributed by atoms with van der Waals surface area (Å²) in [5, 5.41) is 8.40. The number of nitrogens with zero attached hydrogens (tertiary/aromatic N) is 3. The zero-order valence-electron chi connectivity index (χ0n) is 9.03. The average molecular weight is 228 g/mol. The molecule has 1 aromatic heterocycles. The van der Waals surface area contributed by atoms with Gasteiger partial charge in [-0.15, -0.1) is 16.7 Å². The van der Waals surface area contributed by atoms with Gasteiger partial charge in [0.25, 0.3) is 0 Å². The fraction of sp³-hybridized carbons (Fsp3) is 0.818. The molecule has 1 heterocycles. The van der Waals surface area contributed by atoms with Crippen LogP contribution in [-0.4, -0.2) is 20.9 Å². The zero-order valence-corrected chi connectivity index (χ0v) is 9.79. The second-order valence-electron chi connectivity index (χ2n) is 4.27. The summed E-state index contributed by atoms with van der Waals surface area (Å²) in [5.74, 6) is 0.705. The van der Waals surface area contributed by atoms with Crippen LogP contribution in [0.4, 0.5) is 0 Å². The lowest BCUT2D eigenvalue weighted by Gasteiger charge is -2.20. The van der Waals surface area contributed by atoms with Gasteiger partial charge in [-0.05, 0) is 25.7 Å². The van der Waals surface area contributed by atoms with E-state index in [1.165, 1.54) is 32.1 Å². The van der Waals surface area contributed by atoms with Crippen molar-refractivity contribution in [3.63, 3.8) is 0 Å². The minimum Gasteiger partial charge on any atom is -0.249 e. The summed E-state index contributed by atoms with van der Waals surface area (Å²) < 4.78 is 2.06. The van der Waals surface area contributed by atoms with Crippen molar-refractivity contribution in [1.29, 1.82) is 0 Å². The second-order valence-corrected chi connectivity index (χ2v) is 4.65. The Hall–Kier alpha value is -0.570. The molecule has 0 aliphatic heterocycles. The van der Waals surface area contributed by atoms with Crippen molar-refractivity contribution < 1.29 is 0 Å². The molecule has 1 saturated carbocycles. The van der Waals surface area contributed by atoms with Gasteiger partial charge in [0.1, 0.15) is 0 Å². The first kappa shape index (κ1) is 10.9. The third-order valence-corrected chi connectivity index (χ3v) is 3.34. The second kappa shape index (κ2) is 5.50. The molecule has 1 fully saturated rings. The maximum Gasteiger partial charge on any atom is 0.0827 e. The first-order valence-corrected chi connectivity index (χ1v) is 6.40. The van der Waals surface area contributed by atoms with Crippen molar-refractivity contribution >= 4 is 11.6 Å². The highest BCUT2D eigenvalue weighted by molar-refractivity contribution is 6.17. The lowest BCUT2D eigenvalue weighted by molar-refractivity contribution is 0.324. The number of halogens is 1. The smallest absolute Gasteiger partial charge is 0.0827 e. The van der Waals surface area contributed by atoms with Gasteiger partial charge >= 0.3 is 0 Å². The van der Waals surface area contributed by atoms with E-state index in [2.05, 4.69) is 21.2 Å². The molecule has 1 aliphatic rings. The quantitative estimate of drug-likeness (QED) is 0.741. The molecule has 1 aliphatic carbocycles. The van der Waals surface area contributed by atoms with Gasteiger partial charge in [-0.1, -0.05) is 24.5 Å². The van der Waals surface area contributed by atoms with Crippen molar-refractivity contribution in [3.8, 4) is 0 Å². The summed E-state index contributed by atoms with van der Waals surface area (Å²) in [7, 11) is 0. The van der Waals surface area contributed by atoms with Crippen LogP contribution in [0.2, 0.25) is 0 Å². The largest absolute Gasteiger partial charge is 0.249 e. The molecule has 4 heteroatoms. The van der Waals surface area contributed by atoms with E-state index in [0.717, 1.165) is 18.5 Å². The van der Waals surface area contributed by atoms with Crippen molar-refractivity contribution in [1.82, 2.24) is 15.0 Å². The number of aromatic nitrogens is 3. The van der Waals surface area contributed by atoms with Gasteiger partial charge in [-0.2, -0.15) is 0 Å². The Morgan fingerprint density at radius 3 is 2.87 bits per heavy atom. The Kier molecular flexibility index (Phi) is 4.01. The van der Waals surface area contributed by atoms with Gasteiger partial charge in [-0.25, -0.2) is 4.68 Å². The highest BCUT2D eigenvalue weighted by atomic mass is 35.5. The van der Waals surface area contributed by atoms with Crippen LogP contribution in [0.15, 0.2) is 6.20 Å². The zero-order chi connectivity index (χ0) is 10.5. The molecule has 0 bridgehead atoms. The van der Waals surface area contributed by atoms with E-state index in [1.807, 2.05) is 0 Å². The van der Waals surface area contributed by atoms with Crippen molar-refractivity contribution in [2.75, 3.05) is 5.88 Å². The summed E-state index contributed by atoms with van der Waals surface area (Å²) in [5.41, 5.74) is 1.08. The summed E-state index contributed by atoms with van der Waals surface area (Å²) in [6.07, 6.45) is 10.6. The van der Waals surface area contributed by atoms with Crippen LogP contribution in [-0.2, 0) is 6.42 Å². The molecule has 0 unspecified atom stereocenters. The van der Waals surface area contributed by atoms with Crippen LogP contribution in [0.3, 0.4) is 0 Å². The molecule has 84 valence electrons. The van der Waals surface area contributed by atoms with Crippen molar-refractivity contribution in [3.05, 3.63) is 11.9 Å². The van der Waals surface area contributed by atoms with E-state index in [4.69, 9.17) is 11.6 Å². The summed E-state index contributed by atoms with van der Waals surface area (Å²) >= 11 is 5.65. The van der Waals surface area contributed by atoms with Crippen LogP contribution in [0.5, 0.6) is 0 Å². The van der Waals surface area contributed by atoms with Gasteiger partial charge in [0, 0.05) is 12.1 Å². The molecule has 15 heavy (non-hydrogen) atoms. The molecule has 1 aromatic rings. The van der Waals surface area contributed by atoms with Crippen LogP contribution < -0.4 is 0 Å². The van der Waals surface area contributed by atoms with Gasteiger partial charge in [0.05, 0.1) is 11.7 Å². The van der Waals surface area contributed by atoms with Crippen molar-refractivity contribution in [2.45, 2.75) is 51.0 Å². The Morgan fingerprint density at radius 2 is 2.13 bits per heavy atom. The van der Waals surface area contributed by atoms with Crippen LogP contribution in [0.25, 0.3) is 0 Å². The Labute approximate surface area is 95.8 Å². The number of hydrogen-bond acceptors (Lipinski definition) is 2. The van der Waals surface area contributed by atoms with Gasteiger partial charge in [-0.3, -0.25) is 0 Å². The maximum atomic E-state index is 5.65. The molecular formula is C11H18ClN3. The summed E-state index contributed by atoms with van der Waals surface area (Å²) in [6, 6.07) is 0.594. The molecular weight excluding hydrogens is 210 g/mol. The Morgan fingerprint density at radius 1 is 1.33 bits per heavy atom. The lowest BCUT2D eigenvalue weighted by atomic mass is 9.96. The van der Waals surface area contributed by atoms with E-state index in [9.17, 15) is 0 Å². The molecule has 0 N–H and O–H groups in total. The molecule has 0 spiro atoms. The Bertz CT molecular complexity index is 292. The minimum atomic E-state index is 0.594. The van der Waals surface area contributed by atoms with Gasteiger partial charge < -0.3 is 0 Å². The SMILES string of the molecule is ClCCCc1cn(C2CCCCC2)nn1. The maximum absolute atomic E-state index is 5.65. The summed E-state index contributed by atoms with van der Waals surface area (Å²) in [6.45, 7) is 0. The van der Waals surface area contributed by atoms with E-state index in [0.29, 0.717) is 11.9 Å². The lowest BCUT2D eigenvalue weighted by Crippen LogP contribution is -2.13. The third kappa shape index (κ3) is 2.94. The monoisotopic (exact) mass is 227 g/mol. The minimum absolute atomic E-state index is 0.594. The first-order valence-electron chi connectivity index (χ1n) is 5.87. The number of hydrogen-bond donors (Lipinski definition) is 0. The molecule has 0 aromatic carbocycles. The van der Waals surface area contributed by atoms with E-state index in [1.54, 1.807) is 0 Å². The molecule has 3 nitrogen and oxygen atoms in total. The third-order valence-electron chi connectivity index (χ3n) is 3.07. The van der Waals surface area contributed by atoms with Crippen LogP contribution >= 0.6 is 11.6 Å².